The van der Waals surface area contributed by atoms with Crippen LogP contribution in [0.1, 0.15) is 17.0 Å². The fourth-order valence-corrected chi connectivity index (χ4v) is 3.53. The number of para-hydroxylation sites is 1. The van der Waals surface area contributed by atoms with Gasteiger partial charge in [-0.15, -0.1) is 10.1 Å². The molecule has 4 rings (SSSR count). The van der Waals surface area contributed by atoms with Crippen molar-refractivity contribution < 1.29 is 9.92 Å². The van der Waals surface area contributed by atoms with Gasteiger partial charge in [0, 0.05) is 16.8 Å². The number of hydrogen-bond donors (Lipinski definition) is 1. The van der Waals surface area contributed by atoms with Gasteiger partial charge in [0.05, 0.1) is 5.69 Å². The number of H-pyrrole nitrogens is 1. The molecule has 1 aromatic heterocycles. The van der Waals surface area contributed by atoms with E-state index in [1.165, 1.54) is 0 Å². The van der Waals surface area contributed by atoms with E-state index in [-0.39, 0.29) is 12.5 Å². The normalized spacial score (nSPS) is 12.0. The molecule has 27 heavy (non-hydrogen) atoms. The number of nitrogens with zero attached hydrogens (tertiary/aromatic N) is 1. The molecule has 0 aliphatic carbocycles. The van der Waals surface area contributed by atoms with Gasteiger partial charge in [-0.1, -0.05) is 78.9 Å². The van der Waals surface area contributed by atoms with Crippen molar-refractivity contribution in [1.29, 1.82) is 0 Å². The van der Waals surface area contributed by atoms with Gasteiger partial charge in [-0.3, -0.25) is 0 Å². The lowest BCUT2D eigenvalue weighted by molar-refractivity contribution is -0.758. The number of rotatable bonds is 6. The summed E-state index contributed by atoms with van der Waals surface area (Å²) in [6.07, 6.45) is 0. The summed E-state index contributed by atoms with van der Waals surface area (Å²) in [4.78, 5) is 19.2. The van der Waals surface area contributed by atoms with Gasteiger partial charge in [0.2, 0.25) is 0 Å². The summed E-state index contributed by atoms with van der Waals surface area (Å²) in [5.41, 5.74) is 4.96. The van der Waals surface area contributed by atoms with E-state index in [0.717, 1.165) is 33.3 Å². The number of fused-ring (bicyclic) bond motifs is 1. The first kappa shape index (κ1) is 16.8. The Morgan fingerprint density at radius 1 is 0.889 bits per heavy atom. The predicted octanol–water partition coefficient (Wildman–Crippen LogP) is 5.18. The molecule has 0 unspecified atom stereocenters. The van der Waals surface area contributed by atoms with Crippen LogP contribution >= 0.6 is 0 Å². The Labute approximate surface area is 156 Å². The average molecular weight is 358 g/mol. The van der Waals surface area contributed by atoms with Crippen molar-refractivity contribution >= 4 is 10.9 Å². The van der Waals surface area contributed by atoms with Crippen LogP contribution in [0.2, 0.25) is 0 Å². The third-order valence-corrected chi connectivity index (χ3v) is 4.71. The first-order valence-corrected chi connectivity index (χ1v) is 8.72. The largest absolute Gasteiger partial charge is 0.354 e. The molecule has 0 bridgehead atoms. The molecule has 0 aliphatic rings. The van der Waals surface area contributed by atoms with E-state index in [0.29, 0.717) is 0 Å². The number of benzene rings is 3. The molecule has 0 fully saturated rings. The lowest BCUT2D eigenvalue weighted by Gasteiger charge is -2.18. The number of aromatic amines is 1. The molecule has 5 heteroatoms. The van der Waals surface area contributed by atoms with Gasteiger partial charge in [0.15, 0.2) is 0 Å². The van der Waals surface area contributed by atoms with Crippen LogP contribution in [0.25, 0.3) is 22.2 Å². The van der Waals surface area contributed by atoms with Crippen molar-refractivity contribution in [3.8, 4) is 11.3 Å². The minimum atomic E-state index is -0.729. The Bertz CT molecular complexity index is 1060. The van der Waals surface area contributed by atoms with Crippen LogP contribution in [-0.2, 0) is 4.84 Å². The molecule has 0 saturated carbocycles. The maximum Gasteiger partial charge on any atom is 0.294 e. The molecular formula is C22H18N2O3. The molecule has 1 atom stereocenters. The number of nitrogens with one attached hydrogen (secondary N) is 1. The highest BCUT2D eigenvalue weighted by Crippen LogP contribution is 2.38. The van der Waals surface area contributed by atoms with E-state index in [1.54, 1.807) is 0 Å². The summed E-state index contributed by atoms with van der Waals surface area (Å²) in [5, 5.41) is 11.2. The molecular weight excluding hydrogens is 340 g/mol. The minimum absolute atomic E-state index is 0.0430. The van der Waals surface area contributed by atoms with Gasteiger partial charge < -0.3 is 9.82 Å². The van der Waals surface area contributed by atoms with Crippen molar-refractivity contribution in [2.45, 2.75) is 5.92 Å². The van der Waals surface area contributed by atoms with Crippen LogP contribution in [0.3, 0.4) is 0 Å². The maximum atomic E-state index is 10.9. The summed E-state index contributed by atoms with van der Waals surface area (Å²) in [5.74, 6) is -0.275. The Hall–Kier alpha value is -3.60. The quantitative estimate of drug-likeness (QED) is 0.382. The SMILES string of the molecule is O=[N+]([O-])OC[C@@H](c1ccccc1)c1c(-c2ccccc2)[nH]c2ccccc12. The highest BCUT2D eigenvalue weighted by atomic mass is 16.9. The van der Waals surface area contributed by atoms with Gasteiger partial charge in [-0.25, -0.2) is 0 Å². The molecule has 1 N–H and O–H groups in total. The van der Waals surface area contributed by atoms with Crippen LogP contribution in [0.5, 0.6) is 0 Å². The lowest BCUT2D eigenvalue weighted by Crippen LogP contribution is -2.13. The summed E-state index contributed by atoms with van der Waals surface area (Å²) in [6, 6.07) is 27.8. The molecule has 0 amide bonds. The third-order valence-electron chi connectivity index (χ3n) is 4.71. The van der Waals surface area contributed by atoms with E-state index >= 15 is 0 Å². The molecule has 4 aromatic rings. The van der Waals surface area contributed by atoms with Crippen LogP contribution in [0.15, 0.2) is 84.9 Å². The van der Waals surface area contributed by atoms with Crippen LogP contribution in [0.4, 0.5) is 0 Å². The minimum Gasteiger partial charge on any atom is -0.354 e. The lowest BCUT2D eigenvalue weighted by atomic mass is 9.88. The Morgan fingerprint density at radius 3 is 2.22 bits per heavy atom. The summed E-state index contributed by atoms with van der Waals surface area (Å²) in [7, 11) is 0. The average Bonchev–Trinajstić information content (AvgIpc) is 3.09. The third kappa shape index (κ3) is 3.40. The molecule has 0 aliphatic heterocycles. The monoisotopic (exact) mass is 358 g/mol. The Balaban J connectivity index is 1.94. The van der Waals surface area contributed by atoms with Crippen molar-refractivity contribution in [3.05, 3.63) is 106 Å². The van der Waals surface area contributed by atoms with Gasteiger partial charge in [0.1, 0.15) is 6.61 Å². The standard InChI is InChI=1S/C22H18N2O3/c25-24(26)27-15-19(16-9-3-1-4-10-16)21-18-13-7-8-14-20(18)23-22(21)17-11-5-2-6-12-17/h1-14,19,23H,15H2/t19-/m0/s1. The summed E-state index contributed by atoms with van der Waals surface area (Å²) < 4.78 is 0. The zero-order valence-electron chi connectivity index (χ0n) is 14.5. The first-order chi connectivity index (χ1) is 13.2. The van der Waals surface area contributed by atoms with E-state index < -0.39 is 5.09 Å². The van der Waals surface area contributed by atoms with Gasteiger partial charge in [-0.05, 0) is 22.8 Å². The highest BCUT2D eigenvalue weighted by Gasteiger charge is 2.24. The summed E-state index contributed by atoms with van der Waals surface area (Å²) in [6.45, 7) is -0.0430. The topological polar surface area (TPSA) is 68.2 Å². The predicted molar refractivity (Wildman–Crippen MR) is 105 cm³/mol. The molecule has 0 saturated heterocycles. The van der Waals surface area contributed by atoms with Crippen molar-refractivity contribution in [3.63, 3.8) is 0 Å². The zero-order valence-corrected chi connectivity index (χ0v) is 14.5. The van der Waals surface area contributed by atoms with Crippen molar-refractivity contribution in [2.24, 2.45) is 0 Å². The second-order valence-electron chi connectivity index (χ2n) is 6.31. The van der Waals surface area contributed by atoms with Crippen molar-refractivity contribution in [1.82, 2.24) is 4.98 Å². The van der Waals surface area contributed by atoms with Gasteiger partial charge >= 0.3 is 0 Å². The highest BCUT2D eigenvalue weighted by molar-refractivity contribution is 5.92. The van der Waals surface area contributed by atoms with E-state index in [1.807, 2.05) is 84.9 Å². The van der Waals surface area contributed by atoms with E-state index in [9.17, 15) is 10.1 Å². The van der Waals surface area contributed by atoms with Crippen LogP contribution < -0.4 is 0 Å². The first-order valence-electron chi connectivity index (χ1n) is 8.72. The van der Waals surface area contributed by atoms with E-state index in [4.69, 9.17) is 4.84 Å². The van der Waals surface area contributed by atoms with E-state index in [2.05, 4.69) is 4.98 Å². The molecule has 0 radical (unpaired) electrons. The molecule has 0 spiro atoms. The molecule has 1 heterocycles. The van der Waals surface area contributed by atoms with Crippen LogP contribution in [0, 0.1) is 10.1 Å². The number of hydrogen-bond acceptors (Lipinski definition) is 3. The fourth-order valence-electron chi connectivity index (χ4n) is 3.53. The molecule has 5 nitrogen and oxygen atoms in total. The Kier molecular flexibility index (Phi) is 4.58. The molecule has 134 valence electrons. The smallest absolute Gasteiger partial charge is 0.294 e. The van der Waals surface area contributed by atoms with Crippen LogP contribution in [-0.4, -0.2) is 16.7 Å². The maximum absolute atomic E-state index is 10.9. The number of aromatic nitrogens is 1. The Morgan fingerprint density at radius 2 is 1.52 bits per heavy atom. The fraction of sp³-hybridized carbons (Fsp3) is 0.0909. The van der Waals surface area contributed by atoms with Crippen molar-refractivity contribution in [2.75, 3.05) is 6.61 Å². The molecule has 3 aromatic carbocycles. The second-order valence-corrected chi connectivity index (χ2v) is 6.31. The van der Waals surface area contributed by atoms with Gasteiger partial charge in [-0.2, -0.15) is 0 Å². The van der Waals surface area contributed by atoms with Gasteiger partial charge in [0.25, 0.3) is 5.09 Å². The second kappa shape index (κ2) is 7.33. The summed E-state index contributed by atoms with van der Waals surface area (Å²) >= 11 is 0. The zero-order chi connectivity index (χ0) is 18.6.